The Morgan fingerprint density at radius 2 is 1.71 bits per heavy atom. The highest BCUT2D eigenvalue weighted by Crippen LogP contribution is 2.37. The van der Waals surface area contributed by atoms with E-state index in [1.165, 1.54) is 5.56 Å². The molecule has 0 radical (unpaired) electrons. The minimum absolute atomic E-state index is 0.0281. The number of carbonyl (C=O) groups is 1. The van der Waals surface area contributed by atoms with Gasteiger partial charge in [-0.1, -0.05) is 50.2 Å². The number of para-hydroxylation sites is 4. The number of imidazole rings is 1. The zero-order valence-corrected chi connectivity index (χ0v) is 22.6. The van der Waals surface area contributed by atoms with Crippen LogP contribution in [0.3, 0.4) is 0 Å². The molecule has 1 unspecified atom stereocenters. The summed E-state index contributed by atoms with van der Waals surface area (Å²) < 4.78 is 14.1. The van der Waals surface area contributed by atoms with Gasteiger partial charge in [0, 0.05) is 25.4 Å². The molecule has 0 aliphatic carbocycles. The van der Waals surface area contributed by atoms with Crippen molar-refractivity contribution < 1.29 is 14.3 Å². The fraction of sp³-hybridized carbons (Fsp3) is 0.375. The number of unbranched alkanes of at least 4 members (excludes halogenated alkanes) is 1. The first kappa shape index (κ1) is 25.8. The van der Waals surface area contributed by atoms with Crippen LogP contribution in [0.15, 0.2) is 72.8 Å². The smallest absolute Gasteiger partial charge is 0.227 e. The van der Waals surface area contributed by atoms with Crippen molar-refractivity contribution in [2.75, 3.05) is 24.7 Å². The van der Waals surface area contributed by atoms with E-state index in [2.05, 4.69) is 60.9 Å². The van der Waals surface area contributed by atoms with E-state index in [-0.39, 0.29) is 11.8 Å². The van der Waals surface area contributed by atoms with Crippen LogP contribution in [-0.4, -0.2) is 35.2 Å². The van der Waals surface area contributed by atoms with E-state index < -0.39 is 0 Å². The first-order valence-electron chi connectivity index (χ1n) is 13.7. The van der Waals surface area contributed by atoms with Crippen LogP contribution in [0, 0.1) is 0 Å². The maximum Gasteiger partial charge on any atom is 0.227 e. The Morgan fingerprint density at radius 1 is 0.947 bits per heavy atom. The third kappa shape index (κ3) is 5.54. The van der Waals surface area contributed by atoms with Gasteiger partial charge >= 0.3 is 0 Å². The summed E-state index contributed by atoms with van der Waals surface area (Å²) >= 11 is 0. The molecule has 1 aliphatic heterocycles. The topological polar surface area (TPSA) is 56.6 Å². The predicted octanol–water partition coefficient (Wildman–Crippen LogP) is 6.94. The number of amides is 1. The second kappa shape index (κ2) is 11.7. The molecule has 38 heavy (non-hydrogen) atoms. The Kier molecular flexibility index (Phi) is 7.97. The molecule has 6 heteroatoms. The van der Waals surface area contributed by atoms with E-state index >= 15 is 0 Å². The van der Waals surface area contributed by atoms with Crippen molar-refractivity contribution in [3.05, 3.63) is 84.2 Å². The molecule has 198 valence electrons. The highest BCUT2D eigenvalue weighted by molar-refractivity contribution is 5.97. The van der Waals surface area contributed by atoms with Gasteiger partial charge in [-0.3, -0.25) is 4.79 Å². The number of carbonyl (C=O) groups excluding carboxylic acids is 1. The van der Waals surface area contributed by atoms with Crippen LogP contribution in [0.1, 0.15) is 63.3 Å². The van der Waals surface area contributed by atoms with Crippen LogP contribution in [0.25, 0.3) is 11.0 Å². The average molecular weight is 512 g/mol. The first-order valence-corrected chi connectivity index (χ1v) is 13.7. The summed E-state index contributed by atoms with van der Waals surface area (Å²) in [6.07, 6.45) is 2.35. The van der Waals surface area contributed by atoms with Crippen molar-refractivity contribution >= 4 is 22.6 Å². The van der Waals surface area contributed by atoms with Gasteiger partial charge in [-0.25, -0.2) is 4.98 Å². The largest absolute Gasteiger partial charge is 0.494 e. The van der Waals surface area contributed by atoms with Crippen molar-refractivity contribution in [1.82, 2.24) is 9.55 Å². The predicted molar refractivity (Wildman–Crippen MR) is 152 cm³/mol. The number of aromatic nitrogens is 2. The van der Waals surface area contributed by atoms with Gasteiger partial charge in [0.25, 0.3) is 0 Å². The maximum atomic E-state index is 13.2. The van der Waals surface area contributed by atoms with Gasteiger partial charge in [-0.15, -0.1) is 0 Å². The number of fused-ring (bicyclic) bond motifs is 1. The van der Waals surface area contributed by atoms with E-state index in [1.807, 2.05) is 42.2 Å². The Labute approximate surface area is 225 Å². The number of hydrogen-bond donors (Lipinski definition) is 0. The van der Waals surface area contributed by atoms with Gasteiger partial charge in [-0.05, 0) is 67.6 Å². The van der Waals surface area contributed by atoms with Crippen molar-refractivity contribution in [2.45, 2.75) is 58.4 Å². The number of benzene rings is 3. The van der Waals surface area contributed by atoms with Gasteiger partial charge < -0.3 is 18.9 Å². The highest BCUT2D eigenvalue weighted by Gasteiger charge is 2.35. The standard InChI is InChI=1S/C32H37N3O3/c1-4-37-30-14-8-7-13-29(30)35-22-25(21-31(35)36)32-33-27-11-5-6-12-28(27)34(32)19-9-10-20-38-26-17-15-24(16-18-26)23(2)3/h5-8,11-18,23,25H,4,9-10,19-22H2,1-3H3. The van der Waals surface area contributed by atoms with Crippen LogP contribution in [-0.2, 0) is 11.3 Å². The van der Waals surface area contributed by atoms with Crippen LogP contribution in [0.2, 0.25) is 0 Å². The van der Waals surface area contributed by atoms with E-state index in [0.717, 1.165) is 53.4 Å². The third-order valence-electron chi connectivity index (χ3n) is 7.22. The molecule has 4 aromatic rings. The average Bonchev–Trinajstić information content (AvgIpc) is 3.49. The Morgan fingerprint density at radius 3 is 2.50 bits per heavy atom. The van der Waals surface area contributed by atoms with Gasteiger partial charge in [0.05, 0.1) is 29.9 Å². The summed E-state index contributed by atoms with van der Waals surface area (Å²) in [5.74, 6) is 3.31. The summed E-state index contributed by atoms with van der Waals surface area (Å²) in [7, 11) is 0. The Bertz CT molecular complexity index is 1380. The van der Waals surface area contributed by atoms with E-state index in [0.29, 0.717) is 32.1 Å². The zero-order valence-electron chi connectivity index (χ0n) is 22.6. The second-order valence-corrected chi connectivity index (χ2v) is 10.2. The fourth-order valence-corrected chi connectivity index (χ4v) is 5.22. The minimum Gasteiger partial charge on any atom is -0.494 e. The summed E-state index contributed by atoms with van der Waals surface area (Å²) in [6, 6.07) is 24.4. The van der Waals surface area contributed by atoms with Crippen molar-refractivity contribution in [3.8, 4) is 11.5 Å². The monoisotopic (exact) mass is 511 g/mol. The number of nitrogens with zero attached hydrogens (tertiary/aromatic N) is 3. The number of ether oxygens (including phenoxy) is 2. The number of hydrogen-bond acceptors (Lipinski definition) is 4. The first-order chi connectivity index (χ1) is 18.5. The van der Waals surface area contributed by atoms with Gasteiger partial charge in [0.15, 0.2) is 0 Å². The van der Waals surface area contributed by atoms with Crippen molar-refractivity contribution in [2.24, 2.45) is 0 Å². The molecular formula is C32H37N3O3. The molecule has 1 saturated heterocycles. The quantitative estimate of drug-likeness (QED) is 0.205. The lowest BCUT2D eigenvalue weighted by Crippen LogP contribution is -2.25. The molecule has 5 rings (SSSR count). The SMILES string of the molecule is CCOc1ccccc1N1CC(c2nc3ccccc3n2CCCCOc2ccc(C(C)C)cc2)CC1=O. The van der Waals surface area contributed by atoms with E-state index in [4.69, 9.17) is 14.5 Å². The molecular weight excluding hydrogens is 474 g/mol. The Balaban J connectivity index is 1.27. The summed E-state index contributed by atoms with van der Waals surface area (Å²) in [6.45, 7) is 9.03. The summed E-state index contributed by atoms with van der Waals surface area (Å²) in [4.78, 5) is 20.0. The lowest BCUT2D eigenvalue weighted by atomic mass is 10.0. The highest BCUT2D eigenvalue weighted by atomic mass is 16.5. The lowest BCUT2D eigenvalue weighted by molar-refractivity contribution is -0.117. The third-order valence-corrected chi connectivity index (χ3v) is 7.22. The molecule has 1 aliphatic rings. The summed E-state index contributed by atoms with van der Waals surface area (Å²) in [5, 5.41) is 0. The molecule has 1 fully saturated rings. The molecule has 0 N–H and O–H groups in total. The zero-order chi connectivity index (χ0) is 26.5. The molecule has 1 amide bonds. The fourth-order valence-electron chi connectivity index (χ4n) is 5.22. The van der Waals surface area contributed by atoms with E-state index in [1.54, 1.807) is 0 Å². The number of anilines is 1. The molecule has 2 heterocycles. The minimum atomic E-state index is 0.0281. The normalized spacial score (nSPS) is 15.5. The van der Waals surface area contributed by atoms with Crippen LogP contribution < -0.4 is 14.4 Å². The second-order valence-electron chi connectivity index (χ2n) is 10.2. The molecule has 1 atom stereocenters. The molecule has 0 bridgehead atoms. The molecule has 6 nitrogen and oxygen atoms in total. The van der Waals surface area contributed by atoms with Crippen LogP contribution in [0.4, 0.5) is 5.69 Å². The van der Waals surface area contributed by atoms with Gasteiger partial charge in [0.1, 0.15) is 17.3 Å². The molecule has 0 spiro atoms. The summed E-state index contributed by atoms with van der Waals surface area (Å²) in [5.41, 5.74) is 4.25. The van der Waals surface area contributed by atoms with Crippen molar-refractivity contribution in [1.29, 1.82) is 0 Å². The number of rotatable bonds is 11. The van der Waals surface area contributed by atoms with Crippen LogP contribution in [0.5, 0.6) is 11.5 Å². The lowest BCUT2D eigenvalue weighted by Gasteiger charge is -2.20. The Hall–Kier alpha value is -3.80. The number of aryl methyl sites for hydroxylation is 1. The van der Waals surface area contributed by atoms with Gasteiger partial charge in [-0.2, -0.15) is 0 Å². The molecule has 0 saturated carbocycles. The molecule has 3 aromatic carbocycles. The van der Waals surface area contributed by atoms with Gasteiger partial charge in [0.2, 0.25) is 5.91 Å². The van der Waals surface area contributed by atoms with Crippen molar-refractivity contribution in [3.63, 3.8) is 0 Å². The van der Waals surface area contributed by atoms with E-state index in [9.17, 15) is 4.79 Å². The van der Waals surface area contributed by atoms with Crippen LogP contribution >= 0.6 is 0 Å². The maximum absolute atomic E-state index is 13.2. The molecule has 1 aromatic heterocycles.